The Bertz CT molecular complexity index is 1360. The molecule has 2 aromatic carbocycles. The number of rotatable bonds is 13. The highest BCUT2D eigenvalue weighted by atomic mass is 28.3. The lowest BCUT2D eigenvalue weighted by molar-refractivity contribution is -0.126. The number of hydrogen-bond donors (Lipinski definition) is 1. The molecule has 1 aliphatic heterocycles. The molecule has 260 valence electrons. The number of aromatic hydroxyl groups is 1. The maximum atomic E-state index is 12.1. The number of allylic oxidation sites excluding steroid dienone is 1. The van der Waals surface area contributed by atoms with Gasteiger partial charge in [-0.05, 0) is 62.5 Å². The summed E-state index contributed by atoms with van der Waals surface area (Å²) in [6.45, 7) is 26.7. The highest BCUT2D eigenvalue weighted by Gasteiger charge is 2.19. The molecule has 0 aliphatic carbocycles. The number of nitrogens with zero attached hydrogens (tertiary/aromatic N) is 1. The number of carbonyl (C=O) groups excluding carboxylic acids is 3. The molecule has 1 aliphatic rings. The van der Waals surface area contributed by atoms with Gasteiger partial charge in [0.05, 0.1) is 24.3 Å². The van der Waals surface area contributed by atoms with Crippen molar-refractivity contribution in [1.29, 1.82) is 0 Å². The average molecular weight is 684 g/mol. The normalized spacial score (nSPS) is 12.6. The Balaban J connectivity index is 0.000000389. The van der Waals surface area contributed by atoms with Gasteiger partial charge in [0.2, 0.25) is 5.91 Å². The van der Waals surface area contributed by atoms with Crippen molar-refractivity contribution in [1.82, 2.24) is 4.90 Å². The Labute approximate surface area is 284 Å². The van der Waals surface area contributed by atoms with E-state index in [9.17, 15) is 19.5 Å². The summed E-state index contributed by atoms with van der Waals surface area (Å²) in [5.41, 5.74) is 3.17. The first-order valence-corrected chi connectivity index (χ1v) is 23.7. The minimum atomic E-state index is -1.21. The molecule has 1 heterocycles. The van der Waals surface area contributed by atoms with Crippen molar-refractivity contribution in [2.24, 2.45) is 0 Å². The molecule has 1 saturated heterocycles. The van der Waals surface area contributed by atoms with Crippen molar-refractivity contribution in [3.63, 3.8) is 0 Å². The van der Waals surface area contributed by atoms with Crippen molar-refractivity contribution < 1.29 is 33.7 Å². The first kappa shape index (κ1) is 41.4. The van der Waals surface area contributed by atoms with Crippen LogP contribution in [0.3, 0.4) is 0 Å². The number of benzene rings is 2. The van der Waals surface area contributed by atoms with Crippen LogP contribution in [0.5, 0.6) is 11.5 Å². The minimum Gasteiger partial charge on any atom is -0.507 e. The van der Waals surface area contributed by atoms with Crippen molar-refractivity contribution in [2.45, 2.75) is 84.5 Å². The van der Waals surface area contributed by atoms with Crippen LogP contribution in [-0.2, 0) is 20.7 Å². The van der Waals surface area contributed by atoms with Crippen molar-refractivity contribution in [2.75, 3.05) is 33.4 Å². The third-order valence-electron chi connectivity index (χ3n) is 7.44. The Morgan fingerprint density at radius 1 is 0.872 bits per heavy atom. The average Bonchev–Trinajstić information content (AvgIpc) is 3.36. The second kappa shape index (κ2) is 19.9. The standard InChI is InChI=1S/2C16H24O3Si.C5H9NO/c1-6-10-18-15-9-7-8-14(13(15)2)16(17)19-11-12-20(3,4)5;1-6-7-13-8-9-14(12(2)15(13)17)16(18)19-10-11-20(3,4)5;1-6-4-2-3-5(6)7/h6-9H,1,10-12H2,2-5H3;6,8-9,17H,1,7,10-11H2,2-5H3;2-4H2,1H3. The number of esters is 2. The molecule has 1 amide bonds. The Hall–Kier alpha value is -3.64. The van der Waals surface area contributed by atoms with E-state index in [1.54, 1.807) is 48.2 Å². The van der Waals surface area contributed by atoms with Gasteiger partial charge < -0.3 is 24.2 Å². The van der Waals surface area contributed by atoms with E-state index in [1.165, 1.54) is 0 Å². The first-order chi connectivity index (χ1) is 21.9. The summed E-state index contributed by atoms with van der Waals surface area (Å²) < 4.78 is 16.2. The molecule has 0 bridgehead atoms. The molecule has 10 heteroatoms. The molecular weight excluding hydrogens is 627 g/mol. The summed E-state index contributed by atoms with van der Waals surface area (Å²) >= 11 is 0. The molecule has 0 saturated carbocycles. The maximum Gasteiger partial charge on any atom is 0.338 e. The molecule has 0 spiro atoms. The lowest BCUT2D eigenvalue weighted by atomic mass is 10.0. The maximum absolute atomic E-state index is 12.1. The molecule has 0 aromatic heterocycles. The van der Waals surface area contributed by atoms with Gasteiger partial charge in [-0.2, -0.15) is 0 Å². The second-order valence-electron chi connectivity index (χ2n) is 14.1. The van der Waals surface area contributed by atoms with E-state index in [-0.39, 0.29) is 17.7 Å². The summed E-state index contributed by atoms with van der Waals surface area (Å²) in [6, 6.07) is 10.8. The second-order valence-corrected chi connectivity index (χ2v) is 25.3. The molecule has 0 radical (unpaired) electrons. The third kappa shape index (κ3) is 15.7. The van der Waals surface area contributed by atoms with Gasteiger partial charge in [0.25, 0.3) is 0 Å². The molecule has 1 N–H and O–H groups in total. The van der Waals surface area contributed by atoms with Crippen LogP contribution >= 0.6 is 0 Å². The number of amides is 1. The first-order valence-electron chi connectivity index (χ1n) is 16.3. The van der Waals surface area contributed by atoms with Gasteiger partial charge in [-0.25, -0.2) is 9.59 Å². The van der Waals surface area contributed by atoms with Gasteiger partial charge >= 0.3 is 11.9 Å². The SMILES string of the molecule is C=CCOc1cccc(C(=O)OCC[Si](C)(C)C)c1C.C=CCc1ccc(C(=O)OCC[Si](C)(C)C)c(C)c1O.CN1CCCC1=O. The Morgan fingerprint density at radius 2 is 1.43 bits per heavy atom. The van der Waals surface area contributed by atoms with Crippen LogP contribution in [0.4, 0.5) is 0 Å². The molecule has 8 nitrogen and oxygen atoms in total. The topological polar surface area (TPSA) is 102 Å². The lowest BCUT2D eigenvalue weighted by Crippen LogP contribution is -2.23. The fraction of sp³-hybridized carbons (Fsp3) is 0.486. The number of carbonyl (C=O) groups is 3. The van der Waals surface area contributed by atoms with Crippen molar-refractivity contribution in [3.8, 4) is 11.5 Å². The zero-order valence-electron chi connectivity index (χ0n) is 30.2. The van der Waals surface area contributed by atoms with Crippen molar-refractivity contribution >= 4 is 34.0 Å². The summed E-state index contributed by atoms with van der Waals surface area (Å²) in [5, 5.41) is 10.1. The van der Waals surface area contributed by atoms with Gasteiger partial charge in [-0.1, -0.05) is 70.1 Å². The van der Waals surface area contributed by atoms with Crippen molar-refractivity contribution in [3.05, 3.63) is 83.5 Å². The van der Waals surface area contributed by atoms with Crippen LogP contribution in [0.15, 0.2) is 55.6 Å². The molecule has 0 unspecified atom stereocenters. The van der Waals surface area contributed by atoms with Crippen LogP contribution in [-0.4, -0.2) is 77.4 Å². The largest absolute Gasteiger partial charge is 0.507 e. The smallest absolute Gasteiger partial charge is 0.338 e. The van der Waals surface area contributed by atoms with E-state index in [1.807, 2.05) is 20.0 Å². The van der Waals surface area contributed by atoms with Gasteiger partial charge in [0.1, 0.15) is 18.1 Å². The van der Waals surface area contributed by atoms with E-state index in [2.05, 4.69) is 52.4 Å². The molecule has 3 rings (SSSR count). The molecule has 47 heavy (non-hydrogen) atoms. The van der Waals surface area contributed by atoms with E-state index < -0.39 is 16.1 Å². The fourth-order valence-corrected chi connectivity index (χ4v) is 5.71. The molecule has 0 atom stereocenters. The van der Waals surface area contributed by atoms with E-state index >= 15 is 0 Å². The number of ether oxygens (including phenoxy) is 3. The molecule has 2 aromatic rings. The Kier molecular flexibility index (Phi) is 17.5. The van der Waals surface area contributed by atoms with Crippen LogP contribution < -0.4 is 4.74 Å². The van der Waals surface area contributed by atoms with Gasteiger partial charge in [0.15, 0.2) is 0 Å². The number of likely N-dealkylation sites (tertiary alicyclic amines) is 1. The van der Waals surface area contributed by atoms with E-state index in [0.29, 0.717) is 54.6 Å². The quantitative estimate of drug-likeness (QED) is 0.129. The minimum absolute atomic E-state index is 0.157. The predicted molar refractivity (Wildman–Crippen MR) is 197 cm³/mol. The van der Waals surface area contributed by atoms with Crippen LogP contribution in [0.2, 0.25) is 51.4 Å². The zero-order chi connectivity index (χ0) is 35.8. The fourth-order valence-electron chi connectivity index (χ4n) is 4.28. The lowest BCUT2D eigenvalue weighted by Gasteiger charge is -2.16. The number of hydrogen-bond acceptors (Lipinski definition) is 7. The van der Waals surface area contributed by atoms with E-state index in [4.69, 9.17) is 14.2 Å². The number of phenols is 1. The zero-order valence-corrected chi connectivity index (χ0v) is 32.2. The van der Waals surface area contributed by atoms with Gasteiger partial charge in [-0.3, -0.25) is 4.79 Å². The Morgan fingerprint density at radius 3 is 1.85 bits per heavy atom. The highest BCUT2D eigenvalue weighted by molar-refractivity contribution is 6.76. The van der Waals surface area contributed by atoms with Crippen LogP contribution in [0.1, 0.15) is 50.2 Å². The molecular formula is C37H57NO7Si2. The summed E-state index contributed by atoms with van der Waals surface area (Å²) in [5.74, 6) is 0.514. The predicted octanol–water partition coefficient (Wildman–Crippen LogP) is 8.22. The highest BCUT2D eigenvalue weighted by Crippen LogP contribution is 2.27. The summed E-state index contributed by atoms with van der Waals surface area (Å²) in [4.78, 5) is 36.4. The summed E-state index contributed by atoms with van der Waals surface area (Å²) in [7, 11) is -0.544. The monoisotopic (exact) mass is 683 g/mol. The molecule has 1 fully saturated rings. The van der Waals surface area contributed by atoms with Gasteiger partial charge in [0, 0.05) is 47.3 Å². The number of phenolic OH excluding ortho intramolecular Hbond substituents is 1. The summed E-state index contributed by atoms with van der Waals surface area (Å²) in [6.07, 6.45) is 5.79. The van der Waals surface area contributed by atoms with Crippen LogP contribution in [0.25, 0.3) is 0 Å². The van der Waals surface area contributed by atoms with Crippen LogP contribution in [0, 0.1) is 13.8 Å². The van der Waals surface area contributed by atoms with Gasteiger partial charge in [-0.15, -0.1) is 6.58 Å². The van der Waals surface area contributed by atoms with E-state index in [0.717, 1.165) is 42.6 Å². The third-order valence-corrected chi connectivity index (χ3v) is 10.8.